The van der Waals surface area contributed by atoms with Crippen LogP contribution in [-0.2, 0) is 4.74 Å². The van der Waals surface area contributed by atoms with Crippen molar-refractivity contribution < 1.29 is 9.53 Å². The van der Waals surface area contributed by atoms with Crippen LogP contribution in [0, 0.1) is 17.8 Å². The predicted octanol–water partition coefficient (Wildman–Crippen LogP) is 1.34. The standard InChI is InChI=1S/C11H11BO2S/c1-7(2)4-5-8-6-9(12)10(15-8)11(13)14-3/h6-7H,1-3H3. The van der Waals surface area contributed by atoms with E-state index in [1.165, 1.54) is 18.4 Å². The third-order valence-corrected chi connectivity index (χ3v) is 2.66. The van der Waals surface area contributed by atoms with E-state index in [9.17, 15) is 4.79 Å². The molecule has 0 bridgehead atoms. The molecule has 0 saturated carbocycles. The highest BCUT2D eigenvalue weighted by Gasteiger charge is 2.12. The second kappa shape index (κ2) is 5.04. The van der Waals surface area contributed by atoms with Crippen LogP contribution in [-0.4, -0.2) is 20.9 Å². The molecule has 0 saturated heterocycles. The van der Waals surface area contributed by atoms with Gasteiger partial charge in [-0.25, -0.2) is 4.79 Å². The number of rotatable bonds is 1. The summed E-state index contributed by atoms with van der Waals surface area (Å²) in [7, 11) is 7.00. The highest BCUT2D eigenvalue weighted by atomic mass is 32.1. The Morgan fingerprint density at radius 2 is 2.27 bits per heavy atom. The summed E-state index contributed by atoms with van der Waals surface area (Å²) in [4.78, 5) is 12.5. The Labute approximate surface area is 95.1 Å². The van der Waals surface area contributed by atoms with E-state index in [1.54, 1.807) is 6.07 Å². The molecule has 0 amide bonds. The van der Waals surface area contributed by atoms with Crippen molar-refractivity contribution in [1.29, 1.82) is 0 Å². The molecule has 15 heavy (non-hydrogen) atoms. The van der Waals surface area contributed by atoms with Crippen LogP contribution in [0.2, 0.25) is 0 Å². The minimum absolute atomic E-state index is 0.301. The number of ether oxygens (including phenoxy) is 1. The highest BCUT2D eigenvalue weighted by molar-refractivity contribution is 7.15. The van der Waals surface area contributed by atoms with Crippen molar-refractivity contribution >= 4 is 30.6 Å². The van der Waals surface area contributed by atoms with Crippen LogP contribution in [0.1, 0.15) is 28.4 Å². The Morgan fingerprint density at radius 3 is 2.80 bits per heavy atom. The lowest BCUT2D eigenvalue weighted by Gasteiger charge is -1.94. The maximum absolute atomic E-state index is 11.2. The molecule has 0 aliphatic carbocycles. The monoisotopic (exact) mass is 218 g/mol. The topological polar surface area (TPSA) is 26.3 Å². The number of hydrogen-bond acceptors (Lipinski definition) is 3. The van der Waals surface area contributed by atoms with Gasteiger partial charge in [-0.3, -0.25) is 0 Å². The summed E-state index contributed by atoms with van der Waals surface area (Å²) in [5.74, 6) is 5.87. The van der Waals surface area contributed by atoms with Crippen LogP contribution >= 0.6 is 11.3 Å². The van der Waals surface area contributed by atoms with E-state index in [4.69, 9.17) is 7.85 Å². The average molecular weight is 218 g/mol. The highest BCUT2D eigenvalue weighted by Crippen LogP contribution is 2.13. The van der Waals surface area contributed by atoms with Gasteiger partial charge in [0.05, 0.1) is 12.0 Å². The van der Waals surface area contributed by atoms with Gasteiger partial charge in [0.1, 0.15) is 12.7 Å². The summed E-state index contributed by atoms with van der Waals surface area (Å²) in [6, 6.07) is 1.70. The molecule has 2 radical (unpaired) electrons. The van der Waals surface area contributed by atoms with E-state index in [1.807, 2.05) is 13.8 Å². The molecule has 0 aliphatic heterocycles. The zero-order chi connectivity index (χ0) is 11.4. The molecule has 0 atom stereocenters. The van der Waals surface area contributed by atoms with Crippen molar-refractivity contribution in [3.63, 3.8) is 0 Å². The van der Waals surface area contributed by atoms with E-state index in [2.05, 4.69) is 16.6 Å². The van der Waals surface area contributed by atoms with Gasteiger partial charge in [0.25, 0.3) is 0 Å². The van der Waals surface area contributed by atoms with Crippen molar-refractivity contribution in [1.82, 2.24) is 0 Å². The smallest absolute Gasteiger partial charge is 0.347 e. The molecule has 2 nitrogen and oxygen atoms in total. The molecule has 1 aromatic heterocycles. The van der Waals surface area contributed by atoms with Gasteiger partial charge in [-0.05, 0) is 6.07 Å². The van der Waals surface area contributed by atoms with Gasteiger partial charge in [-0.2, -0.15) is 0 Å². The largest absolute Gasteiger partial charge is 0.465 e. The summed E-state index contributed by atoms with van der Waals surface area (Å²) < 4.78 is 4.60. The fourth-order valence-electron chi connectivity index (χ4n) is 0.934. The lowest BCUT2D eigenvalue weighted by Crippen LogP contribution is -2.11. The Balaban J connectivity index is 2.97. The molecule has 0 fully saturated rings. The second-order valence-electron chi connectivity index (χ2n) is 3.31. The summed E-state index contributed by atoms with van der Waals surface area (Å²) in [5.41, 5.74) is 0.430. The predicted molar refractivity (Wildman–Crippen MR) is 62.8 cm³/mol. The molecule has 1 aromatic rings. The third-order valence-electron chi connectivity index (χ3n) is 1.62. The number of carbonyl (C=O) groups excluding carboxylic acids is 1. The molecule has 0 aliphatic rings. The summed E-state index contributed by atoms with van der Waals surface area (Å²) in [5, 5.41) is 0. The van der Waals surface area contributed by atoms with Crippen molar-refractivity contribution in [3.05, 3.63) is 15.8 Å². The minimum atomic E-state index is -0.407. The third kappa shape index (κ3) is 3.14. The SMILES string of the molecule is [B]c1cc(C#CC(C)C)sc1C(=O)OC. The van der Waals surface area contributed by atoms with E-state index < -0.39 is 5.97 Å². The van der Waals surface area contributed by atoms with Crippen molar-refractivity contribution in [2.45, 2.75) is 13.8 Å². The maximum atomic E-state index is 11.2. The fraction of sp³-hybridized carbons (Fsp3) is 0.364. The van der Waals surface area contributed by atoms with Gasteiger partial charge in [0, 0.05) is 5.92 Å². The first-order valence-corrected chi connectivity index (χ1v) is 5.35. The van der Waals surface area contributed by atoms with Crippen LogP contribution in [0.4, 0.5) is 0 Å². The molecule has 0 spiro atoms. The first kappa shape index (κ1) is 11.9. The summed E-state index contributed by atoms with van der Waals surface area (Å²) >= 11 is 1.26. The normalized spacial score (nSPS) is 9.60. The van der Waals surface area contributed by atoms with E-state index in [0.717, 1.165) is 4.88 Å². The van der Waals surface area contributed by atoms with Crippen molar-refractivity contribution in [2.24, 2.45) is 5.92 Å². The first-order chi connectivity index (χ1) is 7.04. The van der Waals surface area contributed by atoms with Gasteiger partial charge >= 0.3 is 5.97 Å². The Hall–Kier alpha value is -1.21. The van der Waals surface area contributed by atoms with Gasteiger partial charge < -0.3 is 4.74 Å². The molecule has 0 aromatic carbocycles. The second-order valence-corrected chi connectivity index (χ2v) is 4.36. The lowest BCUT2D eigenvalue weighted by molar-refractivity contribution is 0.0607. The summed E-state index contributed by atoms with van der Waals surface area (Å²) in [6.07, 6.45) is 0. The Bertz CT molecular complexity index is 424. The van der Waals surface area contributed by atoms with E-state index >= 15 is 0 Å². The number of methoxy groups -OCH3 is 1. The van der Waals surface area contributed by atoms with Crippen molar-refractivity contribution in [3.8, 4) is 11.8 Å². The van der Waals surface area contributed by atoms with Crippen LogP contribution in [0.15, 0.2) is 6.07 Å². The molecule has 1 heterocycles. The zero-order valence-corrected chi connectivity index (χ0v) is 9.77. The molecule has 0 N–H and O–H groups in total. The van der Waals surface area contributed by atoms with E-state index in [0.29, 0.717) is 16.3 Å². The molecule has 4 heteroatoms. The lowest BCUT2D eigenvalue weighted by atomic mass is 9.96. The average Bonchev–Trinajstić information content (AvgIpc) is 2.55. The van der Waals surface area contributed by atoms with Gasteiger partial charge in [-0.15, -0.1) is 11.3 Å². The van der Waals surface area contributed by atoms with Gasteiger partial charge in [0.2, 0.25) is 0 Å². The van der Waals surface area contributed by atoms with Crippen LogP contribution in [0.5, 0.6) is 0 Å². The van der Waals surface area contributed by atoms with Gasteiger partial charge in [-0.1, -0.05) is 31.2 Å². The number of carbonyl (C=O) groups is 1. The zero-order valence-electron chi connectivity index (χ0n) is 8.96. The number of esters is 1. The quantitative estimate of drug-likeness (QED) is 0.404. The molecule has 76 valence electrons. The number of thiophene rings is 1. The fourth-order valence-corrected chi connectivity index (χ4v) is 1.79. The Kier molecular flexibility index (Phi) is 3.99. The maximum Gasteiger partial charge on any atom is 0.347 e. The first-order valence-electron chi connectivity index (χ1n) is 4.53. The van der Waals surface area contributed by atoms with Crippen LogP contribution in [0.25, 0.3) is 0 Å². The van der Waals surface area contributed by atoms with Gasteiger partial charge in [0.15, 0.2) is 0 Å². The molecular formula is C11H11BO2S. The minimum Gasteiger partial charge on any atom is -0.465 e. The number of hydrogen-bond donors (Lipinski definition) is 0. The Morgan fingerprint density at radius 1 is 1.60 bits per heavy atom. The van der Waals surface area contributed by atoms with Crippen LogP contribution in [0.3, 0.4) is 0 Å². The van der Waals surface area contributed by atoms with Crippen molar-refractivity contribution in [2.75, 3.05) is 7.11 Å². The molecule has 0 unspecified atom stereocenters. The van der Waals surface area contributed by atoms with Crippen LogP contribution < -0.4 is 5.46 Å². The molecular weight excluding hydrogens is 207 g/mol. The summed E-state index contributed by atoms with van der Waals surface area (Å²) in [6.45, 7) is 4.01. The van der Waals surface area contributed by atoms with E-state index in [-0.39, 0.29) is 0 Å². The molecule has 1 rings (SSSR count).